The lowest BCUT2D eigenvalue weighted by molar-refractivity contribution is 0.678. The van der Waals surface area contributed by atoms with Crippen LogP contribution in [0.3, 0.4) is 0 Å². The number of rotatable bonds is 10. The zero-order chi connectivity index (χ0) is 18.8. The molecule has 0 fully saturated rings. The minimum Gasteiger partial charge on any atom is -0.378 e. The second-order valence-electron chi connectivity index (χ2n) is 7.10. The fourth-order valence-electron chi connectivity index (χ4n) is 2.94. The van der Waals surface area contributed by atoms with E-state index in [9.17, 15) is 0 Å². The van der Waals surface area contributed by atoms with E-state index in [4.69, 9.17) is 0 Å². The number of unbranched alkanes of at least 4 members (excludes halogenated alkanes) is 2. The van der Waals surface area contributed by atoms with Gasteiger partial charge in [0, 0.05) is 38.6 Å². The van der Waals surface area contributed by atoms with Crippen molar-refractivity contribution in [1.82, 2.24) is 0 Å². The van der Waals surface area contributed by atoms with Crippen LogP contribution in [0.15, 0.2) is 48.5 Å². The smallest absolute Gasteiger partial charge is 0.0366 e. The van der Waals surface area contributed by atoms with Gasteiger partial charge in [-0.15, -0.1) is 0 Å². The lowest BCUT2D eigenvalue weighted by Gasteiger charge is -2.24. The summed E-state index contributed by atoms with van der Waals surface area (Å²) in [6, 6.07) is 17.6. The molecule has 0 aliphatic heterocycles. The number of nitrogens with zero attached hydrogens (tertiary/aromatic N) is 2. The second kappa shape index (κ2) is 10.7. The van der Waals surface area contributed by atoms with E-state index < -0.39 is 0 Å². The highest BCUT2D eigenvalue weighted by Crippen LogP contribution is 2.19. The Morgan fingerprint density at radius 2 is 1.08 bits per heavy atom. The molecule has 2 rings (SSSR count). The molecule has 0 radical (unpaired) electrons. The fraction of sp³-hybridized carbons (Fsp3) is 0.417. The van der Waals surface area contributed by atoms with Crippen LogP contribution in [0, 0.1) is 0 Å². The summed E-state index contributed by atoms with van der Waals surface area (Å²) in [6.45, 7) is 6.84. The molecule has 2 nitrogen and oxygen atoms in total. The molecule has 0 heterocycles. The third-order valence-electron chi connectivity index (χ3n) is 4.70. The van der Waals surface area contributed by atoms with Crippen molar-refractivity contribution in [3.8, 4) is 0 Å². The molecule has 0 spiro atoms. The molecule has 0 aliphatic carbocycles. The summed E-state index contributed by atoms with van der Waals surface area (Å²) in [7, 11) is 4.13. The van der Waals surface area contributed by atoms with Gasteiger partial charge < -0.3 is 9.80 Å². The molecule has 0 N–H and O–H groups in total. The summed E-state index contributed by atoms with van der Waals surface area (Å²) >= 11 is 0. The van der Waals surface area contributed by atoms with Gasteiger partial charge in [-0.1, -0.05) is 63.1 Å². The molecular formula is C24H34N2. The van der Waals surface area contributed by atoms with Gasteiger partial charge in [0.2, 0.25) is 0 Å². The molecule has 2 heteroatoms. The quantitative estimate of drug-likeness (QED) is 0.462. The summed E-state index contributed by atoms with van der Waals surface area (Å²) in [6.07, 6.45) is 9.38. The Hall–Kier alpha value is -2.22. The second-order valence-corrected chi connectivity index (χ2v) is 7.10. The van der Waals surface area contributed by atoms with Gasteiger partial charge in [-0.2, -0.15) is 0 Å². The lowest BCUT2D eigenvalue weighted by atomic mass is 10.1. The molecule has 26 heavy (non-hydrogen) atoms. The molecular weight excluding hydrogens is 316 g/mol. The fourth-order valence-corrected chi connectivity index (χ4v) is 2.94. The SMILES string of the molecule is CCCCN(CCCC)c1ccc(C=Cc2ccc(N(C)C)cc2)cc1. The molecule has 0 aromatic heterocycles. The monoisotopic (exact) mass is 350 g/mol. The standard InChI is InChI=1S/C24H34N2/c1-5-7-19-26(20-8-6-2)24-17-13-22(14-18-24)10-9-21-11-15-23(16-12-21)25(3)4/h9-18H,5-8,19-20H2,1-4H3. The zero-order valence-corrected chi connectivity index (χ0v) is 16.9. The number of hydrogen-bond acceptors (Lipinski definition) is 2. The first kappa shape index (κ1) is 20.1. The Morgan fingerprint density at radius 1 is 0.654 bits per heavy atom. The molecule has 0 amide bonds. The summed E-state index contributed by atoms with van der Waals surface area (Å²) in [5.41, 5.74) is 5.05. The number of benzene rings is 2. The van der Waals surface area contributed by atoms with Crippen LogP contribution < -0.4 is 9.80 Å². The normalized spacial score (nSPS) is 11.1. The van der Waals surface area contributed by atoms with Crippen molar-refractivity contribution in [2.24, 2.45) is 0 Å². The van der Waals surface area contributed by atoms with Gasteiger partial charge in [0.05, 0.1) is 0 Å². The minimum absolute atomic E-state index is 1.16. The van der Waals surface area contributed by atoms with Gasteiger partial charge in [-0.05, 0) is 48.2 Å². The molecule has 0 saturated heterocycles. The molecule has 140 valence electrons. The van der Waals surface area contributed by atoms with Crippen LogP contribution in [0.4, 0.5) is 11.4 Å². The Balaban J connectivity index is 2.02. The molecule has 0 aliphatic rings. The first-order valence-electron chi connectivity index (χ1n) is 9.94. The Morgan fingerprint density at radius 3 is 1.46 bits per heavy atom. The highest BCUT2D eigenvalue weighted by atomic mass is 15.1. The third kappa shape index (κ3) is 6.25. The summed E-state index contributed by atoms with van der Waals surface area (Å²) in [4.78, 5) is 4.65. The van der Waals surface area contributed by atoms with Gasteiger partial charge >= 0.3 is 0 Å². The zero-order valence-electron chi connectivity index (χ0n) is 16.9. The molecule has 0 saturated carbocycles. The van der Waals surface area contributed by atoms with Gasteiger partial charge in [0.25, 0.3) is 0 Å². The number of hydrogen-bond donors (Lipinski definition) is 0. The van der Waals surface area contributed by atoms with Crippen molar-refractivity contribution in [2.75, 3.05) is 37.0 Å². The molecule has 0 atom stereocenters. The van der Waals surface area contributed by atoms with Crippen LogP contribution in [0.25, 0.3) is 12.2 Å². The van der Waals surface area contributed by atoms with Crippen LogP contribution in [0.2, 0.25) is 0 Å². The average molecular weight is 351 g/mol. The summed E-state index contributed by atoms with van der Waals surface area (Å²) < 4.78 is 0. The van der Waals surface area contributed by atoms with E-state index in [0.29, 0.717) is 0 Å². The van der Waals surface area contributed by atoms with Crippen molar-refractivity contribution < 1.29 is 0 Å². The van der Waals surface area contributed by atoms with E-state index in [0.717, 1.165) is 13.1 Å². The average Bonchev–Trinajstić information content (AvgIpc) is 2.67. The van der Waals surface area contributed by atoms with E-state index in [1.807, 2.05) is 0 Å². The minimum atomic E-state index is 1.16. The third-order valence-corrected chi connectivity index (χ3v) is 4.70. The summed E-state index contributed by atoms with van der Waals surface area (Å²) in [5, 5.41) is 0. The maximum atomic E-state index is 2.53. The van der Waals surface area contributed by atoms with Gasteiger partial charge in [-0.25, -0.2) is 0 Å². The van der Waals surface area contributed by atoms with Crippen LogP contribution in [0.1, 0.15) is 50.7 Å². The maximum absolute atomic E-state index is 2.53. The van der Waals surface area contributed by atoms with Crippen LogP contribution in [0.5, 0.6) is 0 Å². The van der Waals surface area contributed by atoms with E-state index in [-0.39, 0.29) is 0 Å². The Labute approximate surface area is 160 Å². The van der Waals surface area contributed by atoms with Crippen LogP contribution in [-0.2, 0) is 0 Å². The largest absolute Gasteiger partial charge is 0.378 e. The molecule has 2 aromatic carbocycles. The topological polar surface area (TPSA) is 6.48 Å². The van der Waals surface area contributed by atoms with Crippen molar-refractivity contribution in [2.45, 2.75) is 39.5 Å². The predicted octanol–water partition coefficient (Wildman–Crippen LogP) is 6.33. The summed E-state index contributed by atoms with van der Waals surface area (Å²) in [5.74, 6) is 0. The van der Waals surface area contributed by atoms with Crippen molar-refractivity contribution in [1.29, 1.82) is 0 Å². The van der Waals surface area contributed by atoms with E-state index in [1.165, 1.54) is 48.2 Å². The highest BCUT2D eigenvalue weighted by molar-refractivity contribution is 5.71. The first-order valence-corrected chi connectivity index (χ1v) is 9.94. The van der Waals surface area contributed by atoms with E-state index in [2.05, 4.69) is 98.4 Å². The van der Waals surface area contributed by atoms with Crippen molar-refractivity contribution in [3.63, 3.8) is 0 Å². The van der Waals surface area contributed by atoms with Gasteiger partial charge in [0.1, 0.15) is 0 Å². The molecule has 2 aromatic rings. The predicted molar refractivity (Wildman–Crippen MR) is 118 cm³/mol. The van der Waals surface area contributed by atoms with E-state index in [1.54, 1.807) is 0 Å². The van der Waals surface area contributed by atoms with Gasteiger partial charge in [0.15, 0.2) is 0 Å². The molecule has 0 bridgehead atoms. The van der Waals surface area contributed by atoms with Crippen LogP contribution >= 0.6 is 0 Å². The lowest BCUT2D eigenvalue weighted by Crippen LogP contribution is -2.25. The number of anilines is 2. The molecule has 0 unspecified atom stereocenters. The van der Waals surface area contributed by atoms with Crippen LogP contribution in [-0.4, -0.2) is 27.2 Å². The van der Waals surface area contributed by atoms with E-state index >= 15 is 0 Å². The Bertz CT molecular complexity index is 646. The highest BCUT2D eigenvalue weighted by Gasteiger charge is 2.05. The van der Waals surface area contributed by atoms with Crippen molar-refractivity contribution in [3.05, 3.63) is 59.7 Å². The Kier molecular flexibility index (Phi) is 8.27. The maximum Gasteiger partial charge on any atom is 0.0366 e. The van der Waals surface area contributed by atoms with Gasteiger partial charge in [-0.3, -0.25) is 0 Å². The first-order chi connectivity index (χ1) is 12.6. The van der Waals surface area contributed by atoms with Crippen molar-refractivity contribution >= 4 is 23.5 Å².